The molecule has 1 aromatic carbocycles. The molecule has 0 fully saturated rings. The Balaban J connectivity index is 2.20. The van der Waals surface area contributed by atoms with Crippen LogP contribution in [0.1, 0.15) is 11.1 Å². The lowest BCUT2D eigenvalue weighted by Crippen LogP contribution is -1.90. The molecule has 0 aliphatic carbocycles. The molecule has 2 N–H and O–H groups in total. The highest BCUT2D eigenvalue weighted by atomic mass is 32.2. The quantitative estimate of drug-likeness (QED) is 0.638. The zero-order valence-electron chi connectivity index (χ0n) is 9.27. The Morgan fingerprint density at radius 3 is 2.44 bits per heavy atom. The molecule has 0 spiro atoms. The van der Waals surface area contributed by atoms with E-state index in [2.05, 4.69) is 9.97 Å². The Morgan fingerprint density at radius 1 is 1.12 bits per heavy atom. The van der Waals surface area contributed by atoms with E-state index in [-0.39, 0.29) is 0 Å². The molecule has 1 aromatic heterocycles. The van der Waals surface area contributed by atoms with Gasteiger partial charge in [-0.15, -0.1) is 0 Å². The van der Waals surface area contributed by atoms with Crippen molar-refractivity contribution in [2.75, 3.05) is 5.73 Å². The molecule has 0 aliphatic heterocycles. The lowest BCUT2D eigenvalue weighted by molar-refractivity contribution is 0.950. The van der Waals surface area contributed by atoms with Gasteiger partial charge in [-0.1, -0.05) is 0 Å². The standard InChI is InChI=1S/C12H13N3S/c1-8-6-14-12(15-7-8)16-10-3-4-11(13)9(2)5-10/h3-7H,13H2,1-2H3. The molecular weight excluding hydrogens is 218 g/mol. The first-order valence-electron chi connectivity index (χ1n) is 4.98. The molecule has 0 atom stereocenters. The van der Waals surface area contributed by atoms with E-state index in [0.29, 0.717) is 0 Å². The minimum Gasteiger partial charge on any atom is -0.399 e. The summed E-state index contributed by atoms with van der Waals surface area (Å²) in [6.45, 7) is 3.97. The highest BCUT2D eigenvalue weighted by Crippen LogP contribution is 2.26. The van der Waals surface area contributed by atoms with Crippen LogP contribution in [0.5, 0.6) is 0 Å². The van der Waals surface area contributed by atoms with E-state index < -0.39 is 0 Å². The second kappa shape index (κ2) is 4.53. The van der Waals surface area contributed by atoms with Gasteiger partial charge in [-0.2, -0.15) is 0 Å². The fraction of sp³-hybridized carbons (Fsp3) is 0.167. The lowest BCUT2D eigenvalue weighted by atomic mass is 10.2. The molecule has 2 rings (SSSR count). The summed E-state index contributed by atoms with van der Waals surface area (Å²) in [5.74, 6) is 0. The highest BCUT2D eigenvalue weighted by Gasteiger charge is 2.01. The molecule has 0 aliphatic rings. The molecule has 0 unspecified atom stereocenters. The van der Waals surface area contributed by atoms with Crippen molar-refractivity contribution in [3.05, 3.63) is 41.7 Å². The fourth-order valence-corrected chi connectivity index (χ4v) is 2.04. The van der Waals surface area contributed by atoms with Gasteiger partial charge in [0.05, 0.1) is 0 Å². The molecule has 16 heavy (non-hydrogen) atoms. The Hall–Kier alpha value is -1.55. The average molecular weight is 231 g/mol. The zero-order valence-corrected chi connectivity index (χ0v) is 10.1. The van der Waals surface area contributed by atoms with Gasteiger partial charge in [0, 0.05) is 23.0 Å². The first-order valence-corrected chi connectivity index (χ1v) is 5.79. The van der Waals surface area contributed by atoms with Crippen molar-refractivity contribution >= 4 is 17.4 Å². The van der Waals surface area contributed by atoms with Crippen LogP contribution in [0, 0.1) is 13.8 Å². The van der Waals surface area contributed by atoms with E-state index in [1.54, 1.807) is 11.8 Å². The SMILES string of the molecule is Cc1cnc(Sc2ccc(N)c(C)c2)nc1. The molecule has 0 saturated carbocycles. The third-order valence-electron chi connectivity index (χ3n) is 2.21. The van der Waals surface area contributed by atoms with Gasteiger partial charge in [-0.3, -0.25) is 0 Å². The van der Waals surface area contributed by atoms with Crippen LogP contribution in [0.25, 0.3) is 0 Å². The van der Waals surface area contributed by atoms with Gasteiger partial charge >= 0.3 is 0 Å². The maximum Gasteiger partial charge on any atom is 0.192 e. The topological polar surface area (TPSA) is 51.8 Å². The predicted octanol–water partition coefficient (Wildman–Crippen LogP) is 2.83. The number of nitrogens with two attached hydrogens (primary N) is 1. The van der Waals surface area contributed by atoms with Crippen LogP contribution in [-0.4, -0.2) is 9.97 Å². The van der Waals surface area contributed by atoms with Crippen LogP contribution < -0.4 is 5.73 Å². The number of hydrogen-bond donors (Lipinski definition) is 1. The Labute approximate surface area is 99.1 Å². The summed E-state index contributed by atoms with van der Waals surface area (Å²) in [5.41, 5.74) is 8.72. The summed E-state index contributed by atoms with van der Waals surface area (Å²) >= 11 is 1.54. The van der Waals surface area contributed by atoms with Gasteiger partial charge in [0.25, 0.3) is 0 Å². The maximum absolute atomic E-state index is 5.76. The minimum atomic E-state index is 0.759. The first kappa shape index (κ1) is 11.0. The predicted molar refractivity (Wildman–Crippen MR) is 66.5 cm³/mol. The van der Waals surface area contributed by atoms with Gasteiger partial charge in [0.1, 0.15) is 0 Å². The summed E-state index contributed by atoms with van der Waals surface area (Å²) in [6, 6.07) is 5.94. The third kappa shape index (κ3) is 2.52. The normalized spacial score (nSPS) is 10.4. The summed E-state index contributed by atoms with van der Waals surface area (Å²) < 4.78 is 0. The number of aryl methyl sites for hydroxylation is 2. The van der Waals surface area contributed by atoms with E-state index in [1.165, 1.54) is 0 Å². The summed E-state index contributed by atoms with van der Waals surface area (Å²) in [7, 11) is 0. The van der Waals surface area contributed by atoms with Gasteiger partial charge in [-0.05, 0) is 54.9 Å². The molecule has 0 bridgehead atoms. The summed E-state index contributed by atoms with van der Waals surface area (Å²) in [4.78, 5) is 9.60. The van der Waals surface area contributed by atoms with Gasteiger partial charge < -0.3 is 5.73 Å². The van der Waals surface area contributed by atoms with E-state index in [4.69, 9.17) is 5.73 Å². The Morgan fingerprint density at radius 2 is 1.81 bits per heavy atom. The zero-order chi connectivity index (χ0) is 11.5. The molecule has 1 heterocycles. The van der Waals surface area contributed by atoms with Crippen molar-refractivity contribution < 1.29 is 0 Å². The van der Waals surface area contributed by atoms with E-state index in [1.807, 2.05) is 44.4 Å². The number of hydrogen-bond acceptors (Lipinski definition) is 4. The number of rotatable bonds is 2. The second-order valence-electron chi connectivity index (χ2n) is 3.66. The van der Waals surface area contributed by atoms with Crippen LogP contribution in [0.15, 0.2) is 40.6 Å². The van der Waals surface area contributed by atoms with Gasteiger partial charge in [0.15, 0.2) is 5.16 Å². The molecule has 0 radical (unpaired) electrons. The molecule has 4 heteroatoms. The Bertz CT molecular complexity index is 494. The third-order valence-corrected chi connectivity index (χ3v) is 3.09. The number of nitrogen functional groups attached to an aromatic ring is 1. The molecule has 2 aromatic rings. The summed E-state index contributed by atoms with van der Waals surface area (Å²) in [5, 5.41) is 0.759. The van der Waals surface area contributed by atoms with Crippen molar-refractivity contribution in [2.24, 2.45) is 0 Å². The minimum absolute atomic E-state index is 0.759. The second-order valence-corrected chi connectivity index (χ2v) is 4.70. The van der Waals surface area contributed by atoms with Gasteiger partial charge in [-0.25, -0.2) is 9.97 Å². The number of nitrogens with zero attached hydrogens (tertiary/aromatic N) is 2. The van der Waals surface area contributed by atoms with Crippen molar-refractivity contribution in [2.45, 2.75) is 23.9 Å². The highest BCUT2D eigenvalue weighted by molar-refractivity contribution is 7.99. The van der Waals surface area contributed by atoms with E-state index in [0.717, 1.165) is 26.9 Å². The van der Waals surface area contributed by atoms with Crippen molar-refractivity contribution in [3.63, 3.8) is 0 Å². The Kier molecular flexibility index (Phi) is 3.10. The lowest BCUT2D eigenvalue weighted by Gasteiger charge is -2.03. The number of anilines is 1. The van der Waals surface area contributed by atoms with Crippen LogP contribution in [0.3, 0.4) is 0 Å². The maximum atomic E-state index is 5.76. The average Bonchev–Trinajstić information content (AvgIpc) is 2.27. The van der Waals surface area contributed by atoms with E-state index in [9.17, 15) is 0 Å². The fourth-order valence-electron chi connectivity index (χ4n) is 1.25. The van der Waals surface area contributed by atoms with Crippen LogP contribution in [-0.2, 0) is 0 Å². The molecule has 0 amide bonds. The monoisotopic (exact) mass is 231 g/mol. The van der Waals surface area contributed by atoms with Crippen LogP contribution in [0.2, 0.25) is 0 Å². The van der Waals surface area contributed by atoms with Crippen LogP contribution >= 0.6 is 11.8 Å². The molecule has 0 saturated heterocycles. The molecule has 3 nitrogen and oxygen atoms in total. The van der Waals surface area contributed by atoms with Crippen molar-refractivity contribution in [1.82, 2.24) is 9.97 Å². The molecule has 82 valence electrons. The summed E-state index contributed by atoms with van der Waals surface area (Å²) in [6.07, 6.45) is 3.64. The van der Waals surface area contributed by atoms with Crippen molar-refractivity contribution in [3.8, 4) is 0 Å². The number of benzene rings is 1. The van der Waals surface area contributed by atoms with Crippen LogP contribution in [0.4, 0.5) is 5.69 Å². The van der Waals surface area contributed by atoms with Crippen molar-refractivity contribution in [1.29, 1.82) is 0 Å². The van der Waals surface area contributed by atoms with Gasteiger partial charge in [0.2, 0.25) is 0 Å². The molecular formula is C12H13N3S. The largest absolute Gasteiger partial charge is 0.399 e. The first-order chi connectivity index (χ1) is 7.65. The number of aromatic nitrogens is 2. The van der Waals surface area contributed by atoms with E-state index >= 15 is 0 Å². The smallest absolute Gasteiger partial charge is 0.192 e.